The van der Waals surface area contributed by atoms with Gasteiger partial charge in [0.25, 0.3) is 0 Å². The average Bonchev–Trinajstić information content (AvgIpc) is 2.67. The van der Waals surface area contributed by atoms with E-state index in [4.69, 9.17) is 0 Å². The molecule has 2 aromatic heterocycles. The molecule has 0 fully saturated rings. The monoisotopic (exact) mass is 171 g/mol. The summed E-state index contributed by atoms with van der Waals surface area (Å²) < 4.78 is 1.72. The highest BCUT2D eigenvalue weighted by molar-refractivity contribution is 5.44. The standard InChI is InChI=1S/C10H9N3/c1-2-9-7-12-13(8-9)10-5-3-4-6-11-10/h2-8H,1H2. The van der Waals surface area contributed by atoms with Gasteiger partial charge in [-0.25, -0.2) is 9.67 Å². The lowest BCUT2D eigenvalue weighted by molar-refractivity contribution is 0.847. The Balaban J connectivity index is 2.41. The van der Waals surface area contributed by atoms with Crippen molar-refractivity contribution in [1.82, 2.24) is 14.8 Å². The van der Waals surface area contributed by atoms with Crippen LogP contribution < -0.4 is 0 Å². The Hall–Kier alpha value is -1.90. The van der Waals surface area contributed by atoms with Crippen molar-refractivity contribution in [3.8, 4) is 5.82 Å². The summed E-state index contributed by atoms with van der Waals surface area (Å²) in [6, 6.07) is 5.71. The van der Waals surface area contributed by atoms with Crippen LogP contribution in [0.25, 0.3) is 11.9 Å². The Morgan fingerprint density at radius 3 is 2.92 bits per heavy atom. The molecule has 64 valence electrons. The fourth-order valence-electron chi connectivity index (χ4n) is 1.06. The molecule has 0 aliphatic heterocycles. The first-order valence-electron chi connectivity index (χ1n) is 3.98. The number of aromatic nitrogens is 3. The normalized spacial score (nSPS) is 9.85. The van der Waals surface area contributed by atoms with Crippen LogP contribution in [0, 0.1) is 0 Å². The fourth-order valence-corrected chi connectivity index (χ4v) is 1.06. The molecule has 2 heterocycles. The van der Waals surface area contributed by atoms with E-state index in [1.807, 2.05) is 24.4 Å². The van der Waals surface area contributed by atoms with Gasteiger partial charge < -0.3 is 0 Å². The van der Waals surface area contributed by atoms with E-state index in [1.165, 1.54) is 0 Å². The van der Waals surface area contributed by atoms with Crippen molar-refractivity contribution >= 4 is 6.08 Å². The van der Waals surface area contributed by atoms with Crippen LogP contribution in [0.4, 0.5) is 0 Å². The third-order valence-corrected chi connectivity index (χ3v) is 1.72. The maximum Gasteiger partial charge on any atom is 0.153 e. The minimum absolute atomic E-state index is 0.815. The topological polar surface area (TPSA) is 30.7 Å². The van der Waals surface area contributed by atoms with Crippen molar-refractivity contribution in [3.63, 3.8) is 0 Å². The summed E-state index contributed by atoms with van der Waals surface area (Å²) in [6.45, 7) is 3.66. The second kappa shape index (κ2) is 3.23. The van der Waals surface area contributed by atoms with E-state index in [0.717, 1.165) is 11.4 Å². The van der Waals surface area contributed by atoms with E-state index in [1.54, 1.807) is 23.2 Å². The van der Waals surface area contributed by atoms with Gasteiger partial charge in [0.05, 0.1) is 6.20 Å². The summed E-state index contributed by atoms with van der Waals surface area (Å²) >= 11 is 0. The SMILES string of the molecule is C=Cc1cnn(-c2ccccn2)c1. The van der Waals surface area contributed by atoms with Gasteiger partial charge in [0, 0.05) is 18.0 Å². The van der Waals surface area contributed by atoms with Crippen LogP contribution in [0.5, 0.6) is 0 Å². The van der Waals surface area contributed by atoms with Gasteiger partial charge in [-0.2, -0.15) is 5.10 Å². The molecule has 0 N–H and O–H groups in total. The minimum Gasteiger partial charge on any atom is -0.237 e. The number of hydrogen-bond acceptors (Lipinski definition) is 2. The Labute approximate surface area is 76.4 Å². The lowest BCUT2D eigenvalue weighted by Crippen LogP contribution is -1.95. The molecular formula is C10H9N3. The second-order valence-electron chi connectivity index (χ2n) is 2.61. The molecule has 2 aromatic rings. The smallest absolute Gasteiger partial charge is 0.153 e. The maximum atomic E-state index is 4.16. The summed E-state index contributed by atoms with van der Waals surface area (Å²) in [4.78, 5) is 4.16. The highest BCUT2D eigenvalue weighted by Crippen LogP contribution is 2.04. The highest BCUT2D eigenvalue weighted by Gasteiger charge is 1.97. The zero-order valence-electron chi connectivity index (χ0n) is 7.09. The predicted octanol–water partition coefficient (Wildman–Crippen LogP) is 1.91. The summed E-state index contributed by atoms with van der Waals surface area (Å²) in [5.74, 6) is 0.815. The molecule has 0 atom stereocenters. The van der Waals surface area contributed by atoms with Crippen LogP contribution in [0.2, 0.25) is 0 Å². The van der Waals surface area contributed by atoms with E-state index in [-0.39, 0.29) is 0 Å². The van der Waals surface area contributed by atoms with Gasteiger partial charge in [-0.1, -0.05) is 18.7 Å². The Morgan fingerprint density at radius 1 is 1.38 bits per heavy atom. The second-order valence-corrected chi connectivity index (χ2v) is 2.61. The van der Waals surface area contributed by atoms with Gasteiger partial charge in [0.1, 0.15) is 0 Å². The summed E-state index contributed by atoms with van der Waals surface area (Å²) in [5, 5.41) is 4.14. The molecule has 3 nitrogen and oxygen atoms in total. The van der Waals surface area contributed by atoms with Crippen LogP contribution in [0.15, 0.2) is 43.4 Å². The molecule has 0 aromatic carbocycles. The molecule has 0 saturated heterocycles. The highest BCUT2D eigenvalue weighted by atomic mass is 15.3. The third-order valence-electron chi connectivity index (χ3n) is 1.72. The Kier molecular flexibility index (Phi) is 1.92. The predicted molar refractivity (Wildman–Crippen MR) is 51.5 cm³/mol. The van der Waals surface area contributed by atoms with E-state index in [2.05, 4.69) is 16.7 Å². The molecule has 0 spiro atoms. The molecule has 0 saturated carbocycles. The molecular weight excluding hydrogens is 162 g/mol. The number of nitrogens with zero attached hydrogens (tertiary/aromatic N) is 3. The van der Waals surface area contributed by atoms with Crippen molar-refractivity contribution < 1.29 is 0 Å². The number of hydrogen-bond donors (Lipinski definition) is 0. The van der Waals surface area contributed by atoms with E-state index >= 15 is 0 Å². The van der Waals surface area contributed by atoms with Crippen LogP contribution in [-0.2, 0) is 0 Å². The Bertz CT molecular complexity index is 403. The quantitative estimate of drug-likeness (QED) is 0.691. The molecule has 2 rings (SSSR count). The van der Waals surface area contributed by atoms with Gasteiger partial charge in [-0.05, 0) is 12.1 Å². The minimum atomic E-state index is 0.815. The van der Waals surface area contributed by atoms with Gasteiger partial charge in [-0.15, -0.1) is 0 Å². The zero-order valence-corrected chi connectivity index (χ0v) is 7.09. The summed E-state index contributed by atoms with van der Waals surface area (Å²) in [6.07, 6.45) is 7.13. The number of rotatable bonds is 2. The maximum absolute atomic E-state index is 4.16. The fraction of sp³-hybridized carbons (Fsp3) is 0. The van der Waals surface area contributed by atoms with Crippen LogP contribution in [0.3, 0.4) is 0 Å². The third kappa shape index (κ3) is 1.49. The molecule has 0 aliphatic rings. The molecule has 13 heavy (non-hydrogen) atoms. The van der Waals surface area contributed by atoms with E-state index < -0.39 is 0 Å². The van der Waals surface area contributed by atoms with Crippen molar-refractivity contribution in [2.24, 2.45) is 0 Å². The largest absolute Gasteiger partial charge is 0.237 e. The van der Waals surface area contributed by atoms with Crippen molar-refractivity contribution in [2.75, 3.05) is 0 Å². The van der Waals surface area contributed by atoms with Crippen molar-refractivity contribution in [3.05, 3.63) is 48.9 Å². The van der Waals surface area contributed by atoms with Crippen LogP contribution in [0.1, 0.15) is 5.56 Å². The first kappa shape index (κ1) is 7.73. The first-order valence-corrected chi connectivity index (χ1v) is 3.98. The van der Waals surface area contributed by atoms with Crippen molar-refractivity contribution in [2.45, 2.75) is 0 Å². The van der Waals surface area contributed by atoms with Gasteiger partial charge in [0.2, 0.25) is 0 Å². The molecule has 0 aliphatic carbocycles. The molecule has 0 radical (unpaired) electrons. The first-order chi connectivity index (χ1) is 6.40. The number of pyridine rings is 1. The molecule has 3 heteroatoms. The Morgan fingerprint density at radius 2 is 2.31 bits per heavy atom. The van der Waals surface area contributed by atoms with E-state index in [9.17, 15) is 0 Å². The zero-order chi connectivity index (χ0) is 9.10. The van der Waals surface area contributed by atoms with Gasteiger partial charge >= 0.3 is 0 Å². The van der Waals surface area contributed by atoms with E-state index in [0.29, 0.717) is 0 Å². The summed E-state index contributed by atoms with van der Waals surface area (Å²) in [7, 11) is 0. The molecule has 0 bridgehead atoms. The summed E-state index contributed by atoms with van der Waals surface area (Å²) in [5.41, 5.74) is 0.991. The van der Waals surface area contributed by atoms with Gasteiger partial charge in [-0.3, -0.25) is 0 Å². The van der Waals surface area contributed by atoms with Crippen molar-refractivity contribution in [1.29, 1.82) is 0 Å². The lowest BCUT2D eigenvalue weighted by atomic mass is 10.4. The average molecular weight is 171 g/mol. The lowest BCUT2D eigenvalue weighted by Gasteiger charge is -1.96. The molecule has 0 amide bonds. The molecule has 0 unspecified atom stereocenters. The van der Waals surface area contributed by atoms with Crippen LogP contribution in [-0.4, -0.2) is 14.8 Å². The van der Waals surface area contributed by atoms with Gasteiger partial charge in [0.15, 0.2) is 5.82 Å². The van der Waals surface area contributed by atoms with Crippen LogP contribution >= 0.6 is 0 Å².